The molecule has 0 amide bonds. The van der Waals surface area contributed by atoms with Crippen molar-refractivity contribution in [2.75, 3.05) is 6.54 Å². The highest BCUT2D eigenvalue weighted by Gasteiger charge is 2.41. The van der Waals surface area contributed by atoms with Crippen molar-refractivity contribution in [2.45, 2.75) is 37.7 Å². The van der Waals surface area contributed by atoms with E-state index in [0.29, 0.717) is 18.4 Å². The van der Waals surface area contributed by atoms with Gasteiger partial charge in [-0.15, -0.1) is 0 Å². The molecule has 0 aromatic heterocycles. The number of alkyl halides is 6. The first kappa shape index (κ1) is 16.1. The highest BCUT2D eigenvalue weighted by atomic mass is 19.4. The van der Waals surface area contributed by atoms with Crippen molar-refractivity contribution in [1.29, 1.82) is 0 Å². The Hall–Kier alpha value is -1.24. The first-order chi connectivity index (χ1) is 9.66. The highest BCUT2D eigenvalue weighted by Crippen LogP contribution is 2.33. The van der Waals surface area contributed by atoms with Crippen molar-refractivity contribution < 1.29 is 26.3 Å². The number of halogens is 6. The number of piperidine rings is 1. The van der Waals surface area contributed by atoms with E-state index in [4.69, 9.17) is 0 Å². The average Bonchev–Trinajstić information content (AvgIpc) is 2.38. The summed E-state index contributed by atoms with van der Waals surface area (Å²) in [6.45, 7) is -0.130. The maximum absolute atomic E-state index is 12.5. The molecule has 118 valence electrons. The van der Waals surface area contributed by atoms with Gasteiger partial charge in [-0.2, -0.15) is 26.3 Å². The Kier molecular flexibility index (Phi) is 4.51. The average molecular weight is 311 g/mol. The fourth-order valence-corrected chi connectivity index (χ4v) is 2.48. The minimum atomic E-state index is -4.37. The summed E-state index contributed by atoms with van der Waals surface area (Å²) < 4.78 is 74.8. The van der Waals surface area contributed by atoms with Crippen molar-refractivity contribution in [1.82, 2.24) is 5.32 Å². The van der Waals surface area contributed by atoms with Gasteiger partial charge >= 0.3 is 12.4 Å². The topological polar surface area (TPSA) is 12.0 Å². The largest absolute Gasteiger partial charge is 0.416 e. The van der Waals surface area contributed by atoms with Crippen LogP contribution in [0.4, 0.5) is 26.3 Å². The molecule has 1 aliphatic heterocycles. The smallest absolute Gasteiger partial charge is 0.313 e. The van der Waals surface area contributed by atoms with Crippen molar-refractivity contribution in [2.24, 2.45) is 5.92 Å². The van der Waals surface area contributed by atoms with Crippen LogP contribution in [0.3, 0.4) is 0 Å². The molecule has 1 aromatic rings. The lowest BCUT2D eigenvalue weighted by molar-refractivity contribution is -0.179. The Morgan fingerprint density at radius 2 is 1.57 bits per heavy atom. The van der Waals surface area contributed by atoms with Crippen molar-refractivity contribution in [3.63, 3.8) is 0 Å². The molecule has 2 unspecified atom stereocenters. The number of hydrogen-bond donors (Lipinski definition) is 1. The lowest BCUT2D eigenvalue weighted by Gasteiger charge is -2.31. The van der Waals surface area contributed by atoms with Crippen LogP contribution in [-0.2, 0) is 12.6 Å². The number of benzene rings is 1. The van der Waals surface area contributed by atoms with Gasteiger partial charge in [0.1, 0.15) is 0 Å². The van der Waals surface area contributed by atoms with Gasteiger partial charge in [-0.25, -0.2) is 0 Å². The highest BCUT2D eigenvalue weighted by molar-refractivity contribution is 5.25. The van der Waals surface area contributed by atoms with E-state index in [0.717, 1.165) is 12.1 Å². The monoisotopic (exact) mass is 311 g/mol. The van der Waals surface area contributed by atoms with E-state index < -0.39 is 23.8 Å². The molecule has 21 heavy (non-hydrogen) atoms. The lowest BCUT2D eigenvalue weighted by atomic mass is 9.91. The number of rotatable bonds is 2. The van der Waals surface area contributed by atoms with Crippen molar-refractivity contribution in [3.05, 3.63) is 35.4 Å². The van der Waals surface area contributed by atoms with Gasteiger partial charge in [0, 0.05) is 12.6 Å². The summed E-state index contributed by atoms with van der Waals surface area (Å²) in [5, 5.41) is 2.83. The molecular formula is C14H15F6N. The maximum atomic E-state index is 12.5. The summed E-state index contributed by atoms with van der Waals surface area (Å²) in [5.41, 5.74) is -0.0362. The molecule has 1 N–H and O–H groups in total. The Balaban J connectivity index is 1.89. The van der Waals surface area contributed by atoms with E-state index in [1.165, 1.54) is 12.1 Å². The SMILES string of the molecule is FC(F)(F)c1ccc(CC2CCC(C(F)(F)F)CN2)cc1. The molecule has 1 saturated heterocycles. The van der Waals surface area contributed by atoms with E-state index >= 15 is 0 Å². The van der Waals surface area contributed by atoms with Gasteiger partial charge in [-0.1, -0.05) is 12.1 Å². The van der Waals surface area contributed by atoms with Crippen molar-refractivity contribution in [3.8, 4) is 0 Å². The predicted molar refractivity (Wildman–Crippen MR) is 65.7 cm³/mol. The third-order valence-electron chi connectivity index (χ3n) is 3.74. The van der Waals surface area contributed by atoms with Crippen LogP contribution >= 0.6 is 0 Å². The zero-order chi connectivity index (χ0) is 15.7. The quantitative estimate of drug-likeness (QED) is 0.808. The van der Waals surface area contributed by atoms with E-state index in [1.54, 1.807) is 0 Å². The molecule has 0 saturated carbocycles. The summed E-state index contributed by atoms with van der Waals surface area (Å²) in [6.07, 6.45) is -7.70. The van der Waals surface area contributed by atoms with Crippen LogP contribution in [0.5, 0.6) is 0 Å². The summed E-state index contributed by atoms with van der Waals surface area (Å²) in [7, 11) is 0. The lowest BCUT2D eigenvalue weighted by Crippen LogP contribution is -2.45. The summed E-state index contributed by atoms with van der Waals surface area (Å²) in [6, 6.07) is 4.62. The number of nitrogens with one attached hydrogen (secondary N) is 1. The van der Waals surface area contributed by atoms with Crippen LogP contribution in [0.1, 0.15) is 24.0 Å². The maximum Gasteiger partial charge on any atom is 0.416 e. The summed E-state index contributed by atoms with van der Waals surface area (Å²) in [5.74, 6) is -1.33. The molecule has 1 fully saturated rings. The molecular weight excluding hydrogens is 296 g/mol. The molecule has 0 aliphatic carbocycles. The molecule has 1 heterocycles. The third kappa shape index (κ3) is 4.36. The van der Waals surface area contributed by atoms with E-state index in [1.807, 2.05) is 0 Å². The standard InChI is InChI=1S/C14H15F6N/c15-13(16,17)10-3-1-9(2-4-10)7-12-6-5-11(8-21-12)14(18,19)20/h1-4,11-12,21H,5-8H2. The first-order valence-corrected chi connectivity index (χ1v) is 6.62. The Morgan fingerprint density at radius 3 is 2.00 bits per heavy atom. The van der Waals surface area contributed by atoms with Gasteiger partial charge in [0.05, 0.1) is 11.5 Å². The van der Waals surface area contributed by atoms with Gasteiger partial charge in [0.25, 0.3) is 0 Å². The van der Waals surface area contributed by atoms with E-state index in [-0.39, 0.29) is 19.0 Å². The van der Waals surface area contributed by atoms with Gasteiger partial charge in [-0.05, 0) is 37.0 Å². The van der Waals surface area contributed by atoms with Crippen LogP contribution in [0.15, 0.2) is 24.3 Å². The zero-order valence-corrected chi connectivity index (χ0v) is 11.1. The molecule has 1 aliphatic rings. The zero-order valence-electron chi connectivity index (χ0n) is 11.1. The summed E-state index contributed by atoms with van der Waals surface area (Å²) >= 11 is 0. The molecule has 0 radical (unpaired) electrons. The van der Waals surface area contributed by atoms with Crippen LogP contribution in [0.2, 0.25) is 0 Å². The van der Waals surface area contributed by atoms with Crippen LogP contribution in [-0.4, -0.2) is 18.8 Å². The number of hydrogen-bond acceptors (Lipinski definition) is 1. The molecule has 1 nitrogen and oxygen atoms in total. The normalized spacial score (nSPS) is 24.1. The molecule has 1 aromatic carbocycles. The molecule has 0 bridgehead atoms. The Bertz CT molecular complexity index is 454. The molecule has 2 atom stereocenters. The first-order valence-electron chi connectivity index (χ1n) is 6.62. The Labute approximate surface area is 118 Å². The predicted octanol–water partition coefficient (Wildman–Crippen LogP) is 4.18. The van der Waals surface area contributed by atoms with E-state index in [2.05, 4.69) is 5.32 Å². The second-order valence-electron chi connectivity index (χ2n) is 5.32. The molecule has 0 spiro atoms. The fraction of sp³-hybridized carbons (Fsp3) is 0.571. The van der Waals surface area contributed by atoms with Crippen LogP contribution in [0, 0.1) is 5.92 Å². The Morgan fingerprint density at radius 1 is 0.952 bits per heavy atom. The van der Waals surface area contributed by atoms with Crippen LogP contribution in [0.25, 0.3) is 0 Å². The van der Waals surface area contributed by atoms with Crippen LogP contribution < -0.4 is 5.32 Å². The molecule has 2 rings (SSSR count). The van der Waals surface area contributed by atoms with Gasteiger partial charge < -0.3 is 5.32 Å². The van der Waals surface area contributed by atoms with Gasteiger partial charge in [-0.3, -0.25) is 0 Å². The van der Waals surface area contributed by atoms with Gasteiger partial charge in [0.2, 0.25) is 0 Å². The fourth-order valence-electron chi connectivity index (χ4n) is 2.48. The summed E-state index contributed by atoms with van der Waals surface area (Å²) in [4.78, 5) is 0. The minimum absolute atomic E-state index is 0.0573. The second kappa shape index (κ2) is 5.87. The van der Waals surface area contributed by atoms with E-state index in [9.17, 15) is 26.3 Å². The van der Waals surface area contributed by atoms with Crippen molar-refractivity contribution >= 4 is 0 Å². The second-order valence-corrected chi connectivity index (χ2v) is 5.32. The third-order valence-corrected chi connectivity index (χ3v) is 3.74. The molecule has 7 heteroatoms. The van der Waals surface area contributed by atoms with Gasteiger partial charge in [0.15, 0.2) is 0 Å². The minimum Gasteiger partial charge on any atom is -0.313 e.